The number of ether oxygens (including phenoxy) is 1. The molecule has 3 aromatic rings. The fourth-order valence-electron chi connectivity index (χ4n) is 3.03. The SMILES string of the molecule is C=CCn1c(C(C)NC(=O)Cc2ccc(OC)cc2)nc2ccccc21. The minimum Gasteiger partial charge on any atom is -0.497 e. The number of nitrogens with one attached hydrogen (secondary N) is 1. The number of hydrogen-bond donors (Lipinski definition) is 1. The van der Waals surface area contributed by atoms with Crippen LogP contribution in [0, 0.1) is 0 Å². The number of rotatable bonds is 7. The third-order valence-electron chi connectivity index (χ3n) is 4.28. The number of allylic oxidation sites excluding steroid dienone is 1. The number of aromatic nitrogens is 2. The van der Waals surface area contributed by atoms with E-state index in [1.165, 1.54) is 0 Å². The first-order valence-electron chi connectivity index (χ1n) is 8.60. The maximum Gasteiger partial charge on any atom is 0.224 e. The van der Waals surface area contributed by atoms with Crippen LogP contribution in [0.15, 0.2) is 61.2 Å². The Balaban J connectivity index is 1.75. The van der Waals surface area contributed by atoms with Crippen LogP contribution in [0.5, 0.6) is 5.75 Å². The molecule has 1 amide bonds. The normalized spacial score (nSPS) is 11.9. The molecule has 0 fully saturated rings. The van der Waals surface area contributed by atoms with Gasteiger partial charge in [0.2, 0.25) is 5.91 Å². The Kier molecular flexibility index (Phi) is 5.37. The zero-order valence-electron chi connectivity index (χ0n) is 15.1. The predicted octanol–water partition coefficient (Wildman–Crippen LogP) is 3.65. The van der Waals surface area contributed by atoms with E-state index in [0.717, 1.165) is 28.2 Å². The lowest BCUT2D eigenvalue weighted by molar-refractivity contribution is -0.121. The molecule has 0 bridgehead atoms. The van der Waals surface area contributed by atoms with Crippen LogP contribution in [0.1, 0.15) is 24.4 Å². The lowest BCUT2D eigenvalue weighted by atomic mass is 10.1. The number of hydrogen-bond acceptors (Lipinski definition) is 3. The van der Waals surface area contributed by atoms with Gasteiger partial charge in [-0.05, 0) is 36.8 Å². The average molecular weight is 349 g/mol. The van der Waals surface area contributed by atoms with Gasteiger partial charge in [0.25, 0.3) is 0 Å². The topological polar surface area (TPSA) is 56.2 Å². The van der Waals surface area contributed by atoms with Crippen LogP contribution in [0.25, 0.3) is 11.0 Å². The van der Waals surface area contributed by atoms with E-state index >= 15 is 0 Å². The number of imidazole rings is 1. The zero-order valence-corrected chi connectivity index (χ0v) is 15.1. The Hall–Kier alpha value is -3.08. The largest absolute Gasteiger partial charge is 0.497 e. The number of benzene rings is 2. The van der Waals surface area contributed by atoms with Gasteiger partial charge in [0.05, 0.1) is 30.6 Å². The summed E-state index contributed by atoms with van der Waals surface area (Å²) in [5.41, 5.74) is 2.90. The number of amides is 1. The molecule has 1 unspecified atom stereocenters. The van der Waals surface area contributed by atoms with Gasteiger partial charge in [-0.1, -0.05) is 30.3 Å². The maximum atomic E-state index is 12.4. The highest BCUT2D eigenvalue weighted by atomic mass is 16.5. The van der Waals surface area contributed by atoms with E-state index < -0.39 is 0 Å². The quantitative estimate of drug-likeness (QED) is 0.663. The van der Waals surface area contributed by atoms with Gasteiger partial charge in [-0.2, -0.15) is 0 Å². The first kappa shape index (κ1) is 17.7. The van der Waals surface area contributed by atoms with Gasteiger partial charge < -0.3 is 14.6 Å². The monoisotopic (exact) mass is 349 g/mol. The molecule has 0 saturated carbocycles. The van der Waals surface area contributed by atoms with Crippen molar-refractivity contribution in [2.45, 2.75) is 25.9 Å². The summed E-state index contributed by atoms with van der Waals surface area (Å²) >= 11 is 0. The molecular formula is C21H23N3O2. The van der Waals surface area contributed by atoms with Crippen LogP contribution in [0.3, 0.4) is 0 Å². The second-order valence-corrected chi connectivity index (χ2v) is 6.17. The van der Waals surface area contributed by atoms with Crippen molar-refractivity contribution in [2.24, 2.45) is 0 Å². The lowest BCUT2D eigenvalue weighted by Crippen LogP contribution is -2.30. The molecule has 0 aliphatic rings. The minimum absolute atomic E-state index is 0.0418. The molecule has 0 aliphatic heterocycles. The summed E-state index contributed by atoms with van der Waals surface area (Å²) < 4.78 is 7.23. The Bertz CT molecular complexity index is 913. The van der Waals surface area contributed by atoms with E-state index in [1.54, 1.807) is 7.11 Å². The lowest BCUT2D eigenvalue weighted by Gasteiger charge is -2.15. The molecule has 1 N–H and O–H groups in total. The van der Waals surface area contributed by atoms with Crippen molar-refractivity contribution in [2.75, 3.05) is 7.11 Å². The van der Waals surface area contributed by atoms with Gasteiger partial charge in [-0.15, -0.1) is 6.58 Å². The molecule has 134 valence electrons. The third-order valence-corrected chi connectivity index (χ3v) is 4.28. The maximum absolute atomic E-state index is 12.4. The van der Waals surface area contributed by atoms with Crippen LogP contribution in [-0.2, 0) is 17.8 Å². The molecule has 1 aromatic heterocycles. The van der Waals surface area contributed by atoms with Crippen molar-refractivity contribution in [3.63, 3.8) is 0 Å². The molecule has 3 rings (SSSR count). The molecule has 5 heteroatoms. The van der Waals surface area contributed by atoms with Gasteiger partial charge in [0.1, 0.15) is 11.6 Å². The fraction of sp³-hybridized carbons (Fsp3) is 0.238. The molecule has 1 heterocycles. The first-order chi connectivity index (χ1) is 12.6. The average Bonchev–Trinajstić information content (AvgIpc) is 3.01. The number of para-hydroxylation sites is 2. The van der Waals surface area contributed by atoms with E-state index in [2.05, 4.69) is 16.5 Å². The standard InChI is InChI=1S/C21H23N3O2/c1-4-13-24-19-8-6-5-7-18(19)23-21(24)15(2)22-20(25)14-16-9-11-17(26-3)12-10-16/h4-12,15H,1,13-14H2,2-3H3,(H,22,25). The molecule has 0 spiro atoms. The first-order valence-corrected chi connectivity index (χ1v) is 8.60. The predicted molar refractivity (Wildman–Crippen MR) is 103 cm³/mol. The van der Waals surface area contributed by atoms with E-state index in [-0.39, 0.29) is 11.9 Å². The molecule has 0 saturated heterocycles. The molecule has 2 aromatic carbocycles. The Morgan fingerprint density at radius 1 is 1.27 bits per heavy atom. The van der Waals surface area contributed by atoms with Crippen molar-refractivity contribution < 1.29 is 9.53 Å². The number of carbonyl (C=O) groups is 1. The summed E-state index contributed by atoms with van der Waals surface area (Å²) in [4.78, 5) is 17.1. The number of carbonyl (C=O) groups excluding carboxylic acids is 1. The van der Waals surface area contributed by atoms with E-state index in [0.29, 0.717) is 13.0 Å². The van der Waals surface area contributed by atoms with Crippen LogP contribution in [0.4, 0.5) is 0 Å². The van der Waals surface area contributed by atoms with Crippen molar-refractivity contribution in [3.05, 3.63) is 72.6 Å². The van der Waals surface area contributed by atoms with Crippen molar-refractivity contribution in [1.29, 1.82) is 0 Å². The Morgan fingerprint density at radius 3 is 2.69 bits per heavy atom. The van der Waals surface area contributed by atoms with Crippen LogP contribution >= 0.6 is 0 Å². The van der Waals surface area contributed by atoms with E-state index in [9.17, 15) is 4.79 Å². The highest BCUT2D eigenvalue weighted by Crippen LogP contribution is 2.21. The molecule has 0 radical (unpaired) electrons. The van der Waals surface area contributed by atoms with E-state index in [1.807, 2.05) is 61.5 Å². The van der Waals surface area contributed by atoms with Gasteiger partial charge in [0, 0.05) is 6.54 Å². The Labute approximate surface area is 153 Å². The zero-order chi connectivity index (χ0) is 18.5. The van der Waals surface area contributed by atoms with Crippen LogP contribution in [0.2, 0.25) is 0 Å². The number of methoxy groups -OCH3 is 1. The molecule has 0 aliphatic carbocycles. The smallest absolute Gasteiger partial charge is 0.224 e. The highest BCUT2D eigenvalue weighted by molar-refractivity contribution is 5.79. The van der Waals surface area contributed by atoms with Crippen LogP contribution in [-0.4, -0.2) is 22.6 Å². The van der Waals surface area contributed by atoms with Crippen molar-refractivity contribution in [3.8, 4) is 5.75 Å². The summed E-state index contributed by atoms with van der Waals surface area (Å²) in [5.74, 6) is 1.56. The van der Waals surface area contributed by atoms with Crippen molar-refractivity contribution in [1.82, 2.24) is 14.9 Å². The second kappa shape index (κ2) is 7.87. The summed E-state index contributed by atoms with van der Waals surface area (Å²) in [6.07, 6.45) is 2.15. The van der Waals surface area contributed by atoms with Gasteiger partial charge in [-0.3, -0.25) is 4.79 Å². The molecule has 26 heavy (non-hydrogen) atoms. The summed E-state index contributed by atoms with van der Waals surface area (Å²) in [6.45, 7) is 6.43. The van der Waals surface area contributed by atoms with Gasteiger partial charge >= 0.3 is 0 Å². The third kappa shape index (κ3) is 3.77. The van der Waals surface area contributed by atoms with Crippen molar-refractivity contribution >= 4 is 16.9 Å². The highest BCUT2D eigenvalue weighted by Gasteiger charge is 2.17. The Morgan fingerprint density at radius 2 is 2.00 bits per heavy atom. The van der Waals surface area contributed by atoms with Crippen LogP contribution < -0.4 is 10.1 Å². The molecule has 1 atom stereocenters. The minimum atomic E-state index is -0.201. The number of nitrogens with zero attached hydrogens (tertiary/aromatic N) is 2. The molecular weight excluding hydrogens is 326 g/mol. The second-order valence-electron chi connectivity index (χ2n) is 6.17. The number of fused-ring (bicyclic) bond motifs is 1. The summed E-state index contributed by atoms with van der Waals surface area (Å²) in [5, 5.41) is 3.05. The van der Waals surface area contributed by atoms with Gasteiger partial charge in [0.15, 0.2) is 0 Å². The molecule has 5 nitrogen and oxygen atoms in total. The summed E-state index contributed by atoms with van der Waals surface area (Å²) in [7, 11) is 1.62. The van der Waals surface area contributed by atoms with Gasteiger partial charge in [-0.25, -0.2) is 4.98 Å². The fourth-order valence-corrected chi connectivity index (χ4v) is 3.03. The summed E-state index contributed by atoms with van der Waals surface area (Å²) in [6, 6.07) is 15.3. The van der Waals surface area contributed by atoms with E-state index in [4.69, 9.17) is 9.72 Å².